The van der Waals surface area contributed by atoms with E-state index in [4.69, 9.17) is 16.3 Å². The van der Waals surface area contributed by atoms with Gasteiger partial charge >= 0.3 is 0 Å². The van der Waals surface area contributed by atoms with Crippen molar-refractivity contribution in [3.8, 4) is 5.75 Å². The molecule has 0 N–H and O–H groups in total. The number of amides is 1. The van der Waals surface area contributed by atoms with E-state index in [0.29, 0.717) is 17.2 Å². The van der Waals surface area contributed by atoms with E-state index in [1.54, 1.807) is 17.0 Å². The van der Waals surface area contributed by atoms with E-state index >= 15 is 0 Å². The molecule has 0 aliphatic carbocycles. The number of anilines is 1. The summed E-state index contributed by atoms with van der Waals surface area (Å²) in [5, 5.41) is 0.635. The van der Waals surface area contributed by atoms with E-state index < -0.39 is 0 Å². The molecule has 0 saturated carbocycles. The van der Waals surface area contributed by atoms with Crippen LogP contribution >= 0.6 is 11.6 Å². The summed E-state index contributed by atoms with van der Waals surface area (Å²) < 4.78 is 5.49. The predicted molar refractivity (Wildman–Crippen MR) is 119 cm³/mol. The molecule has 0 saturated heterocycles. The second-order valence-corrected chi connectivity index (χ2v) is 7.05. The average molecular weight is 402 g/mol. The fraction of sp³-hybridized carbons (Fsp3) is 0.0800. The monoisotopic (exact) mass is 401 g/mol. The van der Waals surface area contributed by atoms with Crippen molar-refractivity contribution in [3.63, 3.8) is 0 Å². The highest BCUT2D eigenvalue weighted by Crippen LogP contribution is 2.35. The number of hydrogen-bond acceptors (Lipinski definition) is 2. The van der Waals surface area contributed by atoms with E-state index in [9.17, 15) is 4.79 Å². The van der Waals surface area contributed by atoms with Crippen LogP contribution in [0.5, 0.6) is 5.75 Å². The highest BCUT2D eigenvalue weighted by atomic mass is 35.5. The summed E-state index contributed by atoms with van der Waals surface area (Å²) in [6.45, 7) is 2.58. The van der Waals surface area contributed by atoms with Gasteiger partial charge in [-0.2, -0.15) is 0 Å². The van der Waals surface area contributed by atoms with Crippen LogP contribution in [0.15, 0.2) is 90.5 Å². The maximum Gasteiger partial charge on any atom is 0.262 e. The molecule has 29 heavy (non-hydrogen) atoms. The Morgan fingerprint density at radius 3 is 2.28 bits per heavy atom. The number of hydrogen-bond donors (Lipinski definition) is 0. The fourth-order valence-corrected chi connectivity index (χ4v) is 3.42. The molecule has 3 aromatic rings. The molecule has 3 aromatic carbocycles. The predicted octanol–water partition coefficient (Wildman–Crippen LogP) is 6.21. The van der Waals surface area contributed by atoms with E-state index in [2.05, 4.69) is 0 Å². The van der Waals surface area contributed by atoms with Crippen LogP contribution in [-0.4, -0.2) is 12.5 Å². The molecular weight excluding hydrogens is 382 g/mol. The van der Waals surface area contributed by atoms with Crippen molar-refractivity contribution in [2.24, 2.45) is 0 Å². The van der Waals surface area contributed by atoms with Crippen LogP contribution in [-0.2, 0) is 4.79 Å². The van der Waals surface area contributed by atoms with Crippen molar-refractivity contribution in [1.29, 1.82) is 0 Å². The minimum atomic E-state index is -0.0694. The number of ether oxygens (including phenoxy) is 1. The third-order valence-corrected chi connectivity index (χ3v) is 4.90. The molecule has 0 fully saturated rings. The first-order chi connectivity index (χ1) is 14.2. The molecule has 144 valence electrons. The van der Waals surface area contributed by atoms with Crippen LogP contribution in [0.2, 0.25) is 5.02 Å². The Morgan fingerprint density at radius 2 is 1.62 bits per heavy atom. The molecule has 0 bridgehead atoms. The zero-order chi connectivity index (χ0) is 20.2. The van der Waals surface area contributed by atoms with Crippen molar-refractivity contribution >= 4 is 35.0 Å². The average Bonchev–Trinajstić information content (AvgIpc) is 3.07. The van der Waals surface area contributed by atoms with Crippen molar-refractivity contribution in [2.75, 3.05) is 11.5 Å². The molecule has 0 atom stereocenters. The number of benzene rings is 3. The fourth-order valence-electron chi connectivity index (χ4n) is 3.29. The van der Waals surface area contributed by atoms with Gasteiger partial charge in [0.05, 0.1) is 12.3 Å². The molecule has 0 spiro atoms. The number of rotatable bonds is 5. The van der Waals surface area contributed by atoms with Crippen LogP contribution in [0.25, 0.3) is 11.8 Å². The highest BCUT2D eigenvalue weighted by molar-refractivity contribution is 6.30. The Balaban J connectivity index is 1.74. The van der Waals surface area contributed by atoms with Crippen molar-refractivity contribution in [1.82, 2.24) is 0 Å². The Morgan fingerprint density at radius 1 is 0.931 bits per heavy atom. The highest BCUT2D eigenvalue weighted by Gasteiger charge is 2.30. The molecule has 1 aliphatic heterocycles. The maximum absolute atomic E-state index is 13.3. The summed E-state index contributed by atoms with van der Waals surface area (Å²) in [7, 11) is 0. The third kappa shape index (κ3) is 4.10. The molecule has 1 aliphatic rings. The smallest absolute Gasteiger partial charge is 0.262 e. The van der Waals surface area contributed by atoms with Crippen molar-refractivity contribution in [3.05, 3.63) is 107 Å². The topological polar surface area (TPSA) is 29.5 Å². The summed E-state index contributed by atoms with van der Waals surface area (Å²) in [5.74, 6) is 0.746. The van der Waals surface area contributed by atoms with Gasteiger partial charge in [0, 0.05) is 16.3 Å². The summed E-state index contributed by atoms with van der Waals surface area (Å²) in [5.41, 5.74) is 4.17. The zero-order valence-electron chi connectivity index (χ0n) is 16.0. The Labute approximate surface area is 175 Å². The van der Waals surface area contributed by atoms with Gasteiger partial charge in [-0.1, -0.05) is 54.1 Å². The second kappa shape index (κ2) is 8.38. The first-order valence-corrected chi connectivity index (χ1v) is 9.85. The lowest BCUT2D eigenvalue weighted by Gasteiger charge is -2.21. The van der Waals surface area contributed by atoms with Gasteiger partial charge in [-0.15, -0.1) is 0 Å². The van der Waals surface area contributed by atoms with Crippen molar-refractivity contribution in [2.45, 2.75) is 6.92 Å². The quantitative estimate of drug-likeness (QED) is 0.475. The minimum absolute atomic E-state index is 0.0694. The Hall–Kier alpha value is -3.30. The Kier molecular flexibility index (Phi) is 5.50. The number of carbonyl (C=O) groups is 1. The van der Waals surface area contributed by atoms with Crippen LogP contribution in [0.1, 0.15) is 18.1 Å². The van der Waals surface area contributed by atoms with E-state index in [1.807, 2.05) is 85.8 Å². The summed E-state index contributed by atoms with van der Waals surface area (Å²) in [6, 6.07) is 24.9. The second-order valence-electron chi connectivity index (χ2n) is 6.61. The van der Waals surface area contributed by atoms with Crippen LogP contribution in [0, 0.1) is 0 Å². The van der Waals surface area contributed by atoms with E-state index in [-0.39, 0.29) is 5.91 Å². The van der Waals surface area contributed by atoms with Crippen LogP contribution in [0.4, 0.5) is 5.69 Å². The molecule has 4 rings (SSSR count). The van der Waals surface area contributed by atoms with Gasteiger partial charge < -0.3 is 4.74 Å². The zero-order valence-corrected chi connectivity index (χ0v) is 16.8. The van der Waals surface area contributed by atoms with Crippen molar-refractivity contribution < 1.29 is 9.53 Å². The van der Waals surface area contributed by atoms with Crippen LogP contribution < -0.4 is 9.64 Å². The van der Waals surface area contributed by atoms with Gasteiger partial charge in [0.25, 0.3) is 5.91 Å². The summed E-state index contributed by atoms with van der Waals surface area (Å²) in [6.07, 6.45) is 3.83. The lowest BCUT2D eigenvalue weighted by atomic mass is 10.1. The SMILES string of the molecule is CCOc1ccc(/C=C2\C=C(c3ccccc3)N(c3ccc(Cl)cc3)C2=O)cc1. The van der Waals surface area contributed by atoms with Gasteiger partial charge in [0.1, 0.15) is 5.75 Å². The molecule has 1 heterocycles. The lowest BCUT2D eigenvalue weighted by molar-refractivity contribution is -0.113. The molecule has 0 radical (unpaired) electrons. The van der Waals surface area contributed by atoms with E-state index in [1.165, 1.54) is 0 Å². The maximum atomic E-state index is 13.3. The largest absolute Gasteiger partial charge is 0.494 e. The van der Waals surface area contributed by atoms with Gasteiger partial charge in [-0.3, -0.25) is 9.69 Å². The van der Waals surface area contributed by atoms with Gasteiger partial charge in [-0.05, 0) is 66.6 Å². The number of carbonyl (C=O) groups excluding carboxylic acids is 1. The van der Waals surface area contributed by atoms with Gasteiger partial charge in [0.2, 0.25) is 0 Å². The first-order valence-electron chi connectivity index (χ1n) is 9.47. The summed E-state index contributed by atoms with van der Waals surface area (Å²) >= 11 is 6.04. The molecule has 0 aromatic heterocycles. The molecule has 4 heteroatoms. The molecular formula is C25H20ClNO2. The molecule has 1 amide bonds. The third-order valence-electron chi connectivity index (χ3n) is 4.65. The van der Waals surface area contributed by atoms with Crippen LogP contribution in [0.3, 0.4) is 0 Å². The molecule has 0 unspecified atom stereocenters. The Bertz CT molecular complexity index is 1070. The lowest BCUT2D eigenvalue weighted by Crippen LogP contribution is -2.24. The number of nitrogens with zero attached hydrogens (tertiary/aromatic N) is 1. The summed E-state index contributed by atoms with van der Waals surface area (Å²) in [4.78, 5) is 15.0. The standard InChI is InChI=1S/C25H20ClNO2/c1-2-29-23-14-8-18(9-15-23)16-20-17-24(19-6-4-3-5-7-19)27(25(20)28)22-12-10-21(26)11-13-22/h3-17H,2H2,1H3/b20-16+. The van der Waals surface area contributed by atoms with Gasteiger partial charge in [-0.25, -0.2) is 0 Å². The first kappa shape index (κ1) is 19.0. The minimum Gasteiger partial charge on any atom is -0.494 e. The van der Waals surface area contributed by atoms with Gasteiger partial charge in [0.15, 0.2) is 0 Å². The molecule has 3 nitrogen and oxygen atoms in total. The van der Waals surface area contributed by atoms with E-state index in [0.717, 1.165) is 28.3 Å². The normalized spacial score (nSPS) is 15.0. The number of halogens is 1.